The van der Waals surface area contributed by atoms with Crippen LogP contribution in [0.1, 0.15) is 0 Å². The average molecular weight is 316 g/mol. The molecule has 2 aromatic rings. The van der Waals surface area contributed by atoms with Crippen LogP contribution in [0.15, 0.2) is 41.3 Å². The van der Waals surface area contributed by atoms with E-state index in [1.165, 1.54) is 0 Å². The fraction of sp³-hybridized carbons (Fsp3) is 0.0909. The molecule has 0 saturated carbocycles. The standard InChI is InChI=1S/C11H9IOS/c1-14(13)10-7-3-5-8-4-2-6-9(12)11(8)10/h2-7H,1H3. The summed E-state index contributed by atoms with van der Waals surface area (Å²) in [6.07, 6.45) is 1.72. The fourth-order valence-electron chi connectivity index (χ4n) is 1.50. The van der Waals surface area contributed by atoms with Crippen LogP contribution in [0.3, 0.4) is 0 Å². The quantitative estimate of drug-likeness (QED) is 0.739. The number of halogens is 1. The Hall–Kier alpha value is -0.420. The topological polar surface area (TPSA) is 17.1 Å². The fourth-order valence-corrected chi connectivity index (χ4v) is 3.28. The van der Waals surface area contributed by atoms with Crippen molar-refractivity contribution in [3.8, 4) is 0 Å². The van der Waals surface area contributed by atoms with Gasteiger partial charge in [0.05, 0.1) is 10.8 Å². The first kappa shape index (κ1) is 10.1. The van der Waals surface area contributed by atoms with Gasteiger partial charge in [0.15, 0.2) is 0 Å². The molecule has 0 bridgehead atoms. The van der Waals surface area contributed by atoms with Crippen molar-refractivity contribution in [1.29, 1.82) is 0 Å². The van der Waals surface area contributed by atoms with Crippen LogP contribution in [-0.4, -0.2) is 10.5 Å². The first-order valence-electron chi connectivity index (χ1n) is 4.21. The lowest BCUT2D eigenvalue weighted by Gasteiger charge is -2.05. The van der Waals surface area contributed by atoms with Gasteiger partial charge in [-0.1, -0.05) is 24.3 Å². The van der Waals surface area contributed by atoms with Crippen molar-refractivity contribution in [2.45, 2.75) is 4.90 Å². The monoisotopic (exact) mass is 316 g/mol. The molecule has 0 aliphatic rings. The molecule has 1 atom stereocenters. The summed E-state index contributed by atoms with van der Waals surface area (Å²) in [6.45, 7) is 0. The minimum Gasteiger partial charge on any atom is -0.255 e. The van der Waals surface area contributed by atoms with Gasteiger partial charge >= 0.3 is 0 Å². The molecule has 3 heteroatoms. The Balaban J connectivity index is 2.91. The Bertz CT molecular complexity index is 502. The summed E-state index contributed by atoms with van der Waals surface area (Å²) in [7, 11) is -0.919. The van der Waals surface area contributed by atoms with Crippen LogP contribution in [0.2, 0.25) is 0 Å². The second-order valence-corrected chi connectivity index (χ2v) is 5.56. The van der Waals surface area contributed by atoms with Crippen molar-refractivity contribution < 1.29 is 4.21 Å². The lowest BCUT2D eigenvalue weighted by Crippen LogP contribution is -1.90. The van der Waals surface area contributed by atoms with Crippen molar-refractivity contribution >= 4 is 44.2 Å². The van der Waals surface area contributed by atoms with Gasteiger partial charge in [-0.05, 0) is 40.1 Å². The normalized spacial score (nSPS) is 13.0. The number of hydrogen-bond donors (Lipinski definition) is 0. The molecule has 0 fully saturated rings. The third-order valence-electron chi connectivity index (χ3n) is 2.13. The highest BCUT2D eigenvalue weighted by atomic mass is 127. The SMILES string of the molecule is CS(=O)c1cccc2cccc(I)c12. The van der Waals surface area contributed by atoms with Crippen LogP contribution >= 0.6 is 22.6 Å². The largest absolute Gasteiger partial charge is 0.255 e. The van der Waals surface area contributed by atoms with Crippen molar-refractivity contribution in [2.75, 3.05) is 6.26 Å². The number of hydrogen-bond acceptors (Lipinski definition) is 1. The highest BCUT2D eigenvalue weighted by Gasteiger charge is 2.06. The van der Waals surface area contributed by atoms with Gasteiger partial charge in [-0.25, -0.2) is 0 Å². The van der Waals surface area contributed by atoms with Crippen LogP contribution < -0.4 is 0 Å². The van der Waals surface area contributed by atoms with Crippen LogP contribution in [0, 0.1) is 3.57 Å². The highest BCUT2D eigenvalue weighted by Crippen LogP contribution is 2.26. The maximum atomic E-state index is 11.5. The predicted molar refractivity (Wildman–Crippen MR) is 69.0 cm³/mol. The molecule has 0 aliphatic heterocycles. The van der Waals surface area contributed by atoms with Gasteiger partial charge < -0.3 is 0 Å². The summed E-state index contributed by atoms with van der Waals surface area (Å²) in [4.78, 5) is 0.924. The smallest absolute Gasteiger partial charge is 0.0504 e. The molecule has 0 aliphatic carbocycles. The number of fused-ring (bicyclic) bond motifs is 1. The molecule has 0 spiro atoms. The van der Waals surface area contributed by atoms with Gasteiger partial charge in [0.2, 0.25) is 0 Å². The van der Waals surface area contributed by atoms with E-state index in [4.69, 9.17) is 0 Å². The summed E-state index contributed by atoms with van der Waals surface area (Å²) in [5, 5.41) is 2.28. The highest BCUT2D eigenvalue weighted by molar-refractivity contribution is 14.1. The lowest BCUT2D eigenvalue weighted by atomic mass is 10.1. The second kappa shape index (κ2) is 3.98. The number of rotatable bonds is 1. The van der Waals surface area contributed by atoms with E-state index in [0.717, 1.165) is 19.2 Å². The zero-order valence-corrected chi connectivity index (χ0v) is 10.6. The van der Waals surface area contributed by atoms with Gasteiger partial charge in [0.1, 0.15) is 0 Å². The molecule has 1 nitrogen and oxygen atoms in total. The molecule has 2 rings (SSSR count). The summed E-state index contributed by atoms with van der Waals surface area (Å²) in [6, 6.07) is 12.0. The zero-order valence-electron chi connectivity index (χ0n) is 7.66. The molecular formula is C11H9IOS. The summed E-state index contributed by atoms with van der Waals surface area (Å²) in [5.74, 6) is 0. The Morgan fingerprint density at radius 1 is 1.14 bits per heavy atom. The van der Waals surface area contributed by atoms with E-state index < -0.39 is 10.8 Å². The molecule has 0 saturated heterocycles. The minimum absolute atomic E-state index is 0.919. The molecule has 0 N–H and O–H groups in total. The number of benzene rings is 2. The lowest BCUT2D eigenvalue weighted by molar-refractivity contribution is 0.687. The Morgan fingerprint density at radius 2 is 1.79 bits per heavy atom. The molecule has 1 unspecified atom stereocenters. The molecule has 2 aromatic carbocycles. The summed E-state index contributed by atoms with van der Waals surface area (Å²) >= 11 is 2.28. The van der Waals surface area contributed by atoms with Gasteiger partial charge in [-0.2, -0.15) is 0 Å². The molecule has 0 aromatic heterocycles. The first-order chi connectivity index (χ1) is 6.70. The average Bonchev–Trinajstić information content (AvgIpc) is 2.17. The Kier molecular flexibility index (Phi) is 2.88. The van der Waals surface area contributed by atoms with Crippen molar-refractivity contribution in [3.05, 3.63) is 40.0 Å². The third kappa shape index (κ3) is 1.70. The van der Waals surface area contributed by atoms with E-state index in [9.17, 15) is 4.21 Å². The van der Waals surface area contributed by atoms with E-state index in [-0.39, 0.29) is 0 Å². The van der Waals surface area contributed by atoms with Crippen molar-refractivity contribution in [3.63, 3.8) is 0 Å². The molecule has 0 radical (unpaired) electrons. The van der Waals surface area contributed by atoms with E-state index in [1.807, 2.05) is 36.4 Å². The van der Waals surface area contributed by atoms with E-state index in [2.05, 4.69) is 22.6 Å². The van der Waals surface area contributed by atoms with Crippen LogP contribution in [0.4, 0.5) is 0 Å². The third-order valence-corrected chi connectivity index (χ3v) is 3.98. The van der Waals surface area contributed by atoms with E-state index in [1.54, 1.807) is 6.26 Å². The summed E-state index contributed by atoms with van der Waals surface area (Å²) in [5.41, 5.74) is 0. The molecule has 0 heterocycles. The second-order valence-electron chi connectivity index (χ2n) is 3.05. The maximum Gasteiger partial charge on any atom is 0.0504 e. The molecular weight excluding hydrogens is 307 g/mol. The van der Waals surface area contributed by atoms with E-state index in [0.29, 0.717) is 0 Å². The van der Waals surface area contributed by atoms with Crippen molar-refractivity contribution in [1.82, 2.24) is 0 Å². The maximum absolute atomic E-state index is 11.5. The zero-order chi connectivity index (χ0) is 10.1. The minimum atomic E-state index is -0.919. The van der Waals surface area contributed by atoms with Crippen LogP contribution in [0.25, 0.3) is 10.8 Å². The van der Waals surface area contributed by atoms with Gasteiger partial charge in [-0.3, -0.25) is 4.21 Å². The molecule has 0 amide bonds. The van der Waals surface area contributed by atoms with Gasteiger partial charge in [0, 0.05) is 20.1 Å². The Labute approximate surface area is 99.1 Å². The van der Waals surface area contributed by atoms with Crippen LogP contribution in [0.5, 0.6) is 0 Å². The van der Waals surface area contributed by atoms with E-state index >= 15 is 0 Å². The van der Waals surface area contributed by atoms with Gasteiger partial charge in [-0.15, -0.1) is 0 Å². The van der Waals surface area contributed by atoms with Crippen molar-refractivity contribution in [2.24, 2.45) is 0 Å². The van der Waals surface area contributed by atoms with Crippen LogP contribution in [-0.2, 0) is 10.8 Å². The summed E-state index contributed by atoms with van der Waals surface area (Å²) < 4.78 is 12.7. The Morgan fingerprint density at radius 3 is 2.43 bits per heavy atom. The van der Waals surface area contributed by atoms with Gasteiger partial charge in [0.25, 0.3) is 0 Å². The molecule has 14 heavy (non-hydrogen) atoms. The molecule has 72 valence electrons. The first-order valence-corrected chi connectivity index (χ1v) is 6.84. The predicted octanol–water partition coefficient (Wildman–Crippen LogP) is 3.18.